The topological polar surface area (TPSA) is 38.3 Å². The zero-order valence-corrected chi connectivity index (χ0v) is 13.2. The van der Waals surface area contributed by atoms with Gasteiger partial charge in [0, 0.05) is 6.04 Å². The number of para-hydroxylation sites is 1. The number of hydrogen-bond donors (Lipinski definition) is 1. The molecule has 21 heavy (non-hydrogen) atoms. The second kappa shape index (κ2) is 9.37. The Morgan fingerprint density at radius 3 is 2.62 bits per heavy atom. The molecule has 0 heterocycles. The molecule has 0 saturated carbocycles. The molecule has 0 aliphatic carbocycles. The van der Waals surface area contributed by atoms with Crippen LogP contribution in [0.2, 0.25) is 0 Å². The summed E-state index contributed by atoms with van der Waals surface area (Å²) in [6.45, 7) is 6.59. The molecule has 1 aromatic rings. The van der Waals surface area contributed by atoms with E-state index < -0.39 is 5.82 Å². The van der Waals surface area contributed by atoms with E-state index in [9.17, 15) is 9.18 Å². The lowest BCUT2D eigenvalue weighted by Crippen LogP contribution is -2.33. The normalized spacial score (nSPS) is 12.2. The van der Waals surface area contributed by atoms with Crippen LogP contribution in [0.3, 0.4) is 0 Å². The van der Waals surface area contributed by atoms with Gasteiger partial charge in [0.1, 0.15) is 0 Å². The van der Waals surface area contributed by atoms with Crippen molar-refractivity contribution in [3.05, 3.63) is 30.1 Å². The SMILES string of the molecule is CC(C)CCCC(C)NC(=O)CCOc1ccccc1F. The molecule has 0 bridgehead atoms. The first-order chi connectivity index (χ1) is 9.99. The van der Waals surface area contributed by atoms with E-state index in [1.54, 1.807) is 18.2 Å². The minimum atomic E-state index is -0.403. The van der Waals surface area contributed by atoms with E-state index >= 15 is 0 Å². The fourth-order valence-electron chi connectivity index (χ4n) is 2.07. The maximum Gasteiger partial charge on any atom is 0.223 e. The molecule has 0 radical (unpaired) electrons. The number of hydrogen-bond acceptors (Lipinski definition) is 2. The zero-order valence-electron chi connectivity index (χ0n) is 13.2. The Morgan fingerprint density at radius 2 is 1.95 bits per heavy atom. The molecule has 1 atom stereocenters. The van der Waals surface area contributed by atoms with Gasteiger partial charge in [-0.05, 0) is 31.4 Å². The van der Waals surface area contributed by atoms with Crippen LogP contribution >= 0.6 is 0 Å². The molecule has 3 nitrogen and oxygen atoms in total. The quantitative estimate of drug-likeness (QED) is 0.749. The standard InChI is InChI=1S/C17H26FNO2/c1-13(2)7-6-8-14(3)19-17(20)11-12-21-16-10-5-4-9-15(16)18/h4-5,9-10,13-14H,6-8,11-12H2,1-3H3,(H,19,20). The highest BCUT2D eigenvalue weighted by Crippen LogP contribution is 2.15. The average molecular weight is 295 g/mol. The van der Waals surface area contributed by atoms with Crippen LogP contribution in [0.4, 0.5) is 4.39 Å². The van der Waals surface area contributed by atoms with Crippen LogP contribution < -0.4 is 10.1 Å². The van der Waals surface area contributed by atoms with Gasteiger partial charge in [-0.15, -0.1) is 0 Å². The Labute approximate surface area is 126 Å². The van der Waals surface area contributed by atoms with Gasteiger partial charge >= 0.3 is 0 Å². The first-order valence-corrected chi connectivity index (χ1v) is 7.65. The fraction of sp³-hybridized carbons (Fsp3) is 0.588. The minimum absolute atomic E-state index is 0.0524. The van der Waals surface area contributed by atoms with Gasteiger partial charge in [-0.25, -0.2) is 4.39 Å². The van der Waals surface area contributed by atoms with Crippen molar-refractivity contribution in [2.45, 2.75) is 52.5 Å². The maximum absolute atomic E-state index is 13.3. The van der Waals surface area contributed by atoms with Gasteiger partial charge in [0.15, 0.2) is 11.6 Å². The highest BCUT2D eigenvalue weighted by molar-refractivity contribution is 5.76. The summed E-state index contributed by atoms with van der Waals surface area (Å²) in [7, 11) is 0. The third kappa shape index (κ3) is 7.69. The van der Waals surface area contributed by atoms with Gasteiger partial charge in [0.05, 0.1) is 13.0 Å². The van der Waals surface area contributed by atoms with Crippen molar-refractivity contribution in [1.82, 2.24) is 5.32 Å². The second-order valence-electron chi connectivity index (χ2n) is 5.82. The molecule has 1 amide bonds. The first kappa shape index (κ1) is 17.5. The zero-order chi connectivity index (χ0) is 15.7. The van der Waals surface area contributed by atoms with Crippen LogP contribution in [0.15, 0.2) is 24.3 Å². The number of halogens is 1. The van der Waals surface area contributed by atoms with Crippen molar-refractivity contribution in [2.24, 2.45) is 5.92 Å². The van der Waals surface area contributed by atoms with Crippen molar-refractivity contribution >= 4 is 5.91 Å². The lowest BCUT2D eigenvalue weighted by molar-refractivity contribution is -0.122. The Kier molecular flexibility index (Phi) is 7.80. The molecule has 0 fully saturated rings. The summed E-state index contributed by atoms with van der Waals surface area (Å²) in [5, 5.41) is 2.94. The van der Waals surface area contributed by atoms with Crippen LogP contribution in [-0.2, 0) is 4.79 Å². The Balaban J connectivity index is 2.17. The predicted octanol–water partition coefficient (Wildman–Crippen LogP) is 3.93. The first-order valence-electron chi connectivity index (χ1n) is 7.65. The number of ether oxygens (including phenoxy) is 1. The third-order valence-corrected chi connectivity index (χ3v) is 3.25. The van der Waals surface area contributed by atoms with E-state index in [1.165, 1.54) is 12.5 Å². The van der Waals surface area contributed by atoms with Crippen molar-refractivity contribution in [3.8, 4) is 5.75 Å². The summed E-state index contributed by atoms with van der Waals surface area (Å²) in [4.78, 5) is 11.7. The summed E-state index contributed by atoms with van der Waals surface area (Å²) >= 11 is 0. The van der Waals surface area contributed by atoms with Crippen molar-refractivity contribution in [1.29, 1.82) is 0 Å². The molecule has 4 heteroatoms. The molecule has 0 aromatic heterocycles. The number of benzene rings is 1. The van der Waals surface area contributed by atoms with Crippen molar-refractivity contribution in [3.63, 3.8) is 0 Å². The average Bonchev–Trinajstić information content (AvgIpc) is 2.40. The van der Waals surface area contributed by atoms with E-state index in [1.807, 2.05) is 6.92 Å². The van der Waals surface area contributed by atoms with Gasteiger partial charge in [-0.2, -0.15) is 0 Å². The Hall–Kier alpha value is -1.58. The molecular weight excluding hydrogens is 269 g/mol. The van der Waals surface area contributed by atoms with Crippen LogP contribution in [0.1, 0.15) is 46.5 Å². The van der Waals surface area contributed by atoms with Gasteiger partial charge in [0.2, 0.25) is 5.91 Å². The highest BCUT2D eigenvalue weighted by atomic mass is 19.1. The van der Waals surface area contributed by atoms with Crippen molar-refractivity contribution in [2.75, 3.05) is 6.61 Å². The number of nitrogens with one attached hydrogen (secondary N) is 1. The number of carbonyl (C=O) groups excluding carboxylic acids is 1. The van der Waals surface area contributed by atoms with E-state index in [4.69, 9.17) is 4.74 Å². The smallest absolute Gasteiger partial charge is 0.223 e. The summed E-state index contributed by atoms with van der Waals surface area (Å²) in [5.41, 5.74) is 0. The van der Waals surface area contributed by atoms with Crippen LogP contribution in [0, 0.1) is 11.7 Å². The molecule has 0 aliphatic rings. The molecule has 1 unspecified atom stereocenters. The molecule has 0 saturated heterocycles. The van der Waals surface area contributed by atoms with Gasteiger partial charge in [-0.3, -0.25) is 4.79 Å². The Bertz CT molecular complexity index is 435. The second-order valence-corrected chi connectivity index (χ2v) is 5.82. The molecule has 118 valence electrons. The highest BCUT2D eigenvalue weighted by Gasteiger charge is 2.08. The molecule has 0 aliphatic heterocycles. The van der Waals surface area contributed by atoms with E-state index in [0.717, 1.165) is 12.8 Å². The molecule has 0 spiro atoms. The van der Waals surface area contributed by atoms with Crippen LogP contribution in [-0.4, -0.2) is 18.6 Å². The summed E-state index contributed by atoms with van der Waals surface area (Å²) in [5.74, 6) is 0.431. The monoisotopic (exact) mass is 295 g/mol. The summed E-state index contributed by atoms with van der Waals surface area (Å²) in [6, 6.07) is 6.38. The van der Waals surface area contributed by atoms with E-state index in [2.05, 4.69) is 19.2 Å². The van der Waals surface area contributed by atoms with Gasteiger partial charge < -0.3 is 10.1 Å². The lowest BCUT2D eigenvalue weighted by Gasteiger charge is -2.14. The summed E-state index contributed by atoms with van der Waals surface area (Å²) in [6.07, 6.45) is 3.52. The number of carbonyl (C=O) groups is 1. The van der Waals surface area contributed by atoms with Gasteiger partial charge in [-0.1, -0.05) is 38.8 Å². The minimum Gasteiger partial charge on any atom is -0.490 e. The van der Waals surface area contributed by atoms with Crippen LogP contribution in [0.5, 0.6) is 5.75 Å². The van der Waals surface area contributed by atoms with Crippen molar-refractivity contribution < 1.29 is 13.9 Å². The maximum atomic E-state index is 13.3. The molecule has 1 aromatic carbocycles. The predicted molar refractivity (Wildman–Crippen MR) is 82.8 cm³/mol. The molecular formula is C17H26FNO2. The molecule has 1 rings (SSSR count). The van der Waals surface area contributed by atoms with E-state index in [-0.39, 0.29) is 30.7 Å². The van der Waals surface area contributed by atoms with Crippen LogP contribution in [0.25, 0.3) is 0 Å². The van der Waals surface area contributed by atoms with E-state index in [0.29, 0.717) is 5.92 Å². The molecule has 1 N–H and O–H groups in total. The largest absolute Gasteiger partial charge is 0.490 e. The fourth-order valence-corrected chi connectivity index (χ4v) is 2.07. The third-order valence-electron chi connectivity index (χ3n) is 3.25. The van der Waals surface area contributed by atoms with Gasteiger partial charge in [0.25, 0.3) is 0 Å². The number of amides is 1. The number of rotatable bonds is 9. The summed E-state index contributed by atoms with van der Waals surface area (Å²) < 4.78 is 18.6. The Morgan fingerprint density at radius 1 is 1.24 bits per heavy atom. The lowest BCUT2D eigenvalue weighted by atomic mass is 10.0.